The molecule has 0 radical (unpaired) electrons. The number of amides is 1. The second-order valence-corrected chi connectivity index (χ2v) is 6.96. The molecule has 8 heteroatoms. The Morgan fingerprint density at radius 2 is 2.07 bits per heavy atom. The minimum atomic E-state index is -0.821. The minimum absolute atomic E-state index is 0.0648. The predicted molar refractivity (Wildman–Crippen MR) is 100 cm³/mol. The summed E-state index contributed by atoms with van der Waals surface area (Å²) in [6.45, 7) is 1.69. The number of benzene rings is 2. The first-order valence-corrected chi connectivity index (χ1v) is 8.96. The van der Waals surface area contributed by atoms with Crippen molar-refractivity contribution in [3.63, 3.8) is 0 Å². The van der Waals surface area contributed by atoms with Crippen molar-refractivity contribution in [1.82, 2.24) is 9.55 Å². The van der Waals surface area contributed by atoms with Crippen molar-refractivity contribution < 1.29 is 18.3 Å². The van der Waals surface area contributed by atoms with E-state index in [1.54, 1.807) is 26.4 Å². The van der Waals surface area contributed by atoms with E-state index in [0.29, 0.717) is 10.9 Å². The lowest BCUT2D eigenvalue weighted by atomic mass is 10.3. The Morgan fingerprint density at radius 3 is 2.81 bits per heavy atom. The summed E-state index contributed by atoms with van der Waals surface area (Å²) in [5.41, 5.74) is 0.775. The number of carbonyl (C=O) groups is 1. The van der Waals surface area contributed by atoms with Crippen LogP contribution in [0, 0.1) is 11.6 Å². The average Bonchev–Trinajstić information content (AvgIpc) is 3.12. The van der Waals surface area contributed by atoms with Crippen LogP contribution in [0.4, 0.5) is 14.5 Å². The average molecular weight is 389 g/mol. The largest absolute Gasteiger partial charge is 0.497 e. The van der Waals surface area contributed by atoms with Gasteiger partial charge in [-0.3, -0.25) is 9.36 Å². The molecule has 0 spiro atoms. The van der Waals surface area contributed by atoms with E-state index in [-0.39, 0.29) is 5.69 Å². The smallest absolute Gasteiger partial charge is 0.237 e. The number of rotatable bonds is 6. The second kappa shape index (κ2) is 8.22. The highest BCUT2D eigenvalue weighted by molar-refractivity contribution is 8.00. The van der Waals surface area contributed by atoms with Crippen LogP contribution in [0.1, 0.15) is 6.92 Å². The van der Waals surface area contributed by atoms with E-state index in [0.717, 1.165) is 17.8 Å². The van der Waals surface area contributed by atoms with E-state index in [1.807, 2.05) is 28.8 Å². The van der Waals surface area contributed by atoms with Gasteiger partial charge in [0.05, 0.1) is 23.7 Å². The Morgan fingerprint density at radius 1 is 1.26 bits per heavy atom. The third kappa shape index (κ3) is 4.46. The van der Waals surface area contributed by atoms with Crippen molar-refractivity contribution in [1.29, 1.82) is 0 Å². The molecule has 2 aromatic carbocycles. The van der Waals surface area contributed by atoms with Gasteiger partial charge in [-0.2, -0.15) is 0 Å². The molecule has 5 nitrogen and oxygen atoms in total. The molecule has 3 aromatic rings. The van der Waals surface area contributed by atoms with Gasteiger partial charge in [-0.25, -0.2) is 13.8 Å². The lowest BCUT2D eigenvalue weighted by molar-refractivity contribution is -0.115. The number of ether oxygens (including phenoxy) is 1. The quantitative estimate of drug-likeness (QED) is 0.640. The molecule has 0 aliphatic carbocycles. The molecule has 140 valence electrons. The van der Waals surface area contributed by atoms with Crippen LogP contribution in [0.5, 0.6) is 5.75 Å². The number of imidazole rings is 1. The van der Waals surface area contributed by atoms with Crippen LogP contribution < -0.4 is 10.1 Å². The van der Waals surface area contributed by atoms with Crippen molar-refractivity contribution in [3.05, 3.63) is 66.5 Å². The summed E-state index contributed by atoms with van der Waals surface area (Å²) in [4.78, 5) is 16.7. The molecule has 0 bridgehead atoms. The summed E-state index contributed by atoms with van der Waals surface area (Å²) < 4.78 is 33.8. The van der Waals surface area contributed by atoms with Gasteiger partial charge >= 0.3 is 0 Å². The zero-order valence-corrected chi connectivity index (χ0v) is 15.5. The van der Waals surface area contributed by atoms with Crippen molar-refractivity contribution in [2.24, 2.45) is 0 Å². The lowest BCUT2D eigenvalue weighted by Gasteiger charge is -2.14. The highest BCUT2D eigenvalue weighted by atomic mass is 32.2. The van der Waals surface area contributed by atoms with Crippen LogP contribution in [0.3, 0.4) is 0 Å². The molecule has 1 atom stereocenters. The summed E-state index contributed by atoms with van der Waals surface area (Å²) in [6.07, 6.45) is 3.41. The molecular formula is C19H17F2N3O2S. The Balaban J connectivity index is 1.73. The number of anilines is 1. The number of nitrogens with one attached hydrogen (secondary N) is 1. The van der Waals surface area contributed by atoms with Crippen molar-refractivity contribution >= 4 is 23.4 Å². The SMILES string of the molecule is COc1cccc(-n2ccnc2SC(C)C(=O)Nc2ccc(F)cc2F)c1. The number of thioether (sulfide) groups is 1. The number of hydrogen-bond acceptors (Lipinski definition) is 4. The van der Waals surface area contributed by atoms with Gasteiger partial charge in [-0.15, -0.1) is 0 Å². The Bertz CT molecular complexity index is 962. The fourth-order valence-corrected chi connectivity index (χ4v) is 3.25. The fourth-order valence-electron chi connectivity index (χ4n) is 2.37. The van der Waals surface area contributed by atoms with Crippen LogP contribution in [0.15, 0.2) is 60.0 Å². The third-order valence-corrected chi connectivity index (χ3v) is 4.86. The van der Waals surface area contributed by atoms with Crippen LogP contribution in [-0.2, 0) is 4.79 Å². The van der Waals surface area contributed by atoms with Crippen molar-refractivity contribution in [2.45, 2.75) is 17.3 Å². The van der Waals surface area contributed by atoms with Gasteiger partial charge in [0.15, 0.2) is 5.16 Å². The van der Waals surface area contributed by atoms with E-state index in [1.165, 1.54) is 17.8 Å². The molecule has 0 saturated carbocycles. The van der Waals surface area contributed by atoms with Crippen molar-refractivity contribution in [2.75, 3.05) is 12.4 Å². The molecular weight excluding hydrogens is 372 g/mol. The van der Waals surface area contributed by atoms with Gasteiger partial charge in [0.1, 0.15) is 17.4 Å². The summed E-state index contributed by atoms with van der Waals surface area (Å²) in [5, 5.41) is 2.52. The molecule has 1 N–H and O–H groups in total. The fraction of sp³-hybridized carbons (Fsp3) is 0.158. The molecule has 1 amide bonds. The van der Waals surface area contributed by atoms with Crippen LogP contribution >= 0.6 is 11.8 Å². The summed E-state index contributed by atoms with van der Waals surface area (Å²) in [5.74, 6) is -1.23. The molecule has 1 aromatic heterocycles. The van der Waals surface area contributed by atoms with E-state index < -0.39 is 22.8 Å². The number of methoxy groups -OCH3 is 1. The standard InChI is InChI=1S/C19H17F2N3O2S/c1-12(18(25)23-17-7-6-13(20)10-16(17)21)27-19-22-8-9-24(19)14-4-3-5-15(11-14)26-2/h3-12H,1-2H3,(H,23,25). The second-order valence-electron chi connectivity index (χ2n) is 5.65. The molecule has 0 aliphatic heterocycles. The number of hydrogen-bond donors (Lipinski definition) is 1. The van der Waals surface area contributed by atoms with Crippen LogP contribution in [-0.4, -0.2) is 27.8 Å². The number of nitrogens with zero attached hydrogens (tertiary/aromatic N) is 2. The van der Waals surface area contributed by atoms with Gasteiger partial charge in [0.2, 0.25) is 5.91 Å². The molecule has 0 saturated heterocycles. The number of aromatic nitrogens is 2. The van der Waals surface area contributed by atoms with Gasteiger partial charge in [0.25, 0.3) is 0 Å². The molecule has 1 heterocycles. The monoisotopic (exact) mass is 389 g/mol. The zero-order chi connectivity index (χ0) is 19.4. The summed E-state index contributed by atoms with van der Waals surface area (Å²) >= 11 is 1.22. The van der Waals surface area contributed by atoms with Crippen LogP contribution in [0.25, 0.3) is 5.69 Å². The maximum atomic E-state index is 13.7. The van der Waals surface area contributed by atoms with E-state index in [2.05, 4.69) is 10.3 Å². The van der Waals surface area contributed by atoms with Gasteiger partial charge in [-0.05, 0) is 31.2 Å². The first-order valence-electron chi connectivity index (χ1n) is 8.08. The third-order valence-electron chi connectivity index (χ3n) is 3.78. The Labute approximate surface area is 159 Å². The van der Waals surface area contributed by atoms with E-state index in [9.17, 15) is 13.6 Å². The minimum Gasteiger partial charge on any atom is -0.497 e. The number of carbonyl (C=O) groups excluding carboxylic acids is 1. The summed E-state index contributed by atoms with van der Waals surface area (Å²) in [6, 6.07) is 10.4. The Hall–Kier alpha value is -2.87. The van der Waals surface area contributed by atoms with Gasteiger partial charge in [-0.1, -0.05) is 17.8 Å². The topological polar surface area (TPSA) is 56.2 Å². The molecule has 1 unspecified atom stereocenters. The van der Waals surface area contributed by atoms with E-state index in [4.69, 9.17) is 4.74 Å². The zero-order valence-electron chi connectivity index (χ0n) is 14.6. The first kappa shape index (κ1) is 18.9. The molecule has 0 aliphatic rings. The van der Waals surface area contributed by atoms with Crippen molar-refractivity contribution in [3.8, 4) is 11.4 Å². The van der Waals surface area contributed by atoms with E-state index >= 15 is 0 Å². The maximum absolute atomic E-state index is 13.7. The normalized spacial score (nSPS) is 11.9. The summed E-state index contributed by atoms with van der Waals surface area (Å²) in [7, 11) is 1.59. The Kier molecular flexibility index (Phi) is 5.75. The molecule has 27 heavy (non-hydrogen) atoms. The molecule has 3 rings (SSSR count). The lowest BCUT2D eigenvalue weighted by Crippen LogP contribution is -2.23. The highest BCUT2D eigenvalue weighted by Gasteiger charge is 2.19. The van der Waals surface area contributed by atoms with Gasteiger partial charge < -0.3 is 10.1 Å². The van der Waals surface area contributed by atoms with Gasteiger partial charge in [0, 0.05) is 24.5 Å². The van der Waals surface area contributed by atoms with Crippen LogP contribution in [0.2, 0.25) is 0 Å². The molecule has 0 fully saturated rings. The first-order chi connectivity index (χ1) is 13.0. The maximum Gasteiger partial charge on any atom is 0.237 e. The predicted octanol–water partition coefficient (Wildman–Crippen LogP) is 4.28. The highest BCUT2D eigenvalue weighted by Crippen LogP contribution is 2.27. The number of halogens is 2.